The number of carboxylic acid groups (broad SMARTS) is 1. The zero-order chi connectivity index (χ0) is 20.5. The molecule has 0 aromatic heterocycles. The topological polar surface area (TPSA) is 84.4 Å². The van der Waals surface area contributed by atoms with Gasteiger partial charge in [-0.05, 0) is 71.2 Å². The zero-order valence-electron chi connectivity index (χ0n) is 16.7. The number of rotatable bonds is 5. The molecule has 3 rings (SSSR count). The van der Waals surface area contributed by atoms with Gasteiger partial charge in [-0.1, -0.05) is 0 Å². The lowest BCUT2D eigenvalue weighted by atomic mass is 9.88. The van der Waals surface area contributed by atoms with E-state index in [4.69, 9.17) is 5.11 Å². The van der Waals surface area contributed by atoms with E-state index in [1.165, 1.54) is 17.0 Å². The Morgan fingerprint density at radius 3 is 2.43 bits per heavy atom. The van der Waals surface area contributed by atoms with Crippen LogP contribution in [0.2, 0.25) is 0 Å². The summed E-state index contributed by atoms with van der Waals surface area (Å²) in [6.07, 6.45) is 1.98. The van der Waals surface area contributed by atoms with Gasteiger partial charge in [0.25, 0.3) is 5.91 Å². The second kappa shape index (κ2) is 7.89. The SMILES string of the molecule is CN(C)CCN1C(=O)N(c2ccc(C(=O)O)cc2)C2(CCCN(C)CC2)C1=O. The molecule has 0 saturated carbocycles. The third-order valence-electron chi connectivity index (χ3n) is 5.67. The lowest BCUT2D eigenvalue weighted by molar-refractivity contribution is -0.131. The Hall–Kier alpha value is -2.45. The van der Waals surface area contributed by atoms with Gasteiger partial charge in [0.05, 0.1) is 5.56 Å². The maximum Gasteiger partial charge on any atom is 0.335 e. The molecule has 1 aromatic rings. The number of urea groups is 1. The normalized spacial score (nSPS) is 23.7. The van der Waals surface area contributed by atoms with Gasteiger partial charge in [-0.2, -0.15) is 0 Å². The molecule has 3 amide bonds. The number of amides is 3. The minimum Gasteiger partial charge on any atom is -0.478 e. The molecule has 1 spiro atoms. The van der Waals surface area contributed by atoms with Crippen LogP contribution in [0.5, 0.6) is 0 Å². The van der Waals surface area contributed by atoms with Crippen LogP contribution in [0.4, 0.5) is 10.5 Å². The molecule has 2 aliphatic heterocycles. The third-order valence-corrected chi connectivity index (χ3v) is 5.67. The molecule has 0 aliphatic carbocycles. The first-order chi connectivity index (χ1) is 13.3. The molecule has 28 heavy (non-hydrogen) atoms. The quantitative estimate of drug-likeness (QED) is 0.771. The minimum atomic E-state index is -1.02. The van der Waals surface area contributed by atoms with Crippen LogP contribution in [0.25, 0.3) is 0 Å². The zero-order valence-corrected chi connectivity index (χ0v) is 16.7. The summed E-state index contributed by atoms with van der Waals surface area (Å²) in [7, 11) is 5.84. The predicted octanol–water partition coefficient (Wildman–Crippen LogP) is 1.57. The molecule has 2 aliphatic rings. The number of benzene rings is 1. The smallest absolute Gasteiger partial charge is 0.335 e. The molecule has 8 heteroatoms. The Bertz CT molecular complexity index is 764. The Morgan fingerprint density at radius 2 is 1.82 bits per heavy atom. The van der Waals surface area contributed by atoms with E-state index in [2.05, 4.69) is 4.90 Å². The van der Waals surface area contributed by atoms with Gasteiger partial charge in [0.15, 0.2) is 0 Å². The van der Waals surface area contributed by atoms with E-state index in [0.717, 1.165) is 19.5 Å². The fraction of sp³-hybridized carbons (Fsp3) is 0.550. The Balaban J connectivity index is 2.00. The highest BCUT2D eigenvalue weighted by molar-refractivity contribution is 6.17. The van der Waals surface area contributed by atoms with Crippen molar-refractivity contribution in [3.63, 3.8) is 0 Å². The van der Waals surface area contributed by atoms with Crippen molar-refractivity contribution in [3.05, 3.63) is 29.8 Å². The van der Waals surface area contributed by atoms with E-state index in [1.54, 1.807) is 17.0 Å². The summed E-state index contributed by atoms with van der Waals surface area (Å²) in [6, 6.07) is 5.89. The summed E-state index contributed by atoms with van der Waals surface area (Å²) >= 11 is 0. The molecule has 8 nitrogen and oxygen atoms in total. The molecule has 0 radical (unpaired) electrons. The molecule has 1 aromatic carbocycles. The van der Waals surface area contributed by atoms with Gasteiger partial charge < -0.3 is 14.9 Å². The van der Waals surface area contributed by atoms with E-state index >= 15 is 0 Å². The van der Waals surface area contributed by atoms with E-state index in [9.17, 15) is 14.4 Å². The van der Waals surface area contributed by atoms with Crippen molar-refractivity contribution >= 4 is 23.6 Å². The summed E-state index contributed by atoms with van der Waals surface area (Å²) in [5.74, 6) is -1.16. The Kier molecular flexibility index (Phi) is 5.71. The average molecular weight is 388 g/mol. The van der Waals surface area contributed by atoms with Gasteiger partial charge in [-0.15, -0.1) is 0 Å². The number of hydrogen-bond acceptors (Lipinski definition) is 5. The summed E-state index contributed by atoms with van der Waals surface area (Å²) in [5, 5.41) is 9.15. The largest absolute Gasteiger partial charge is 0.478 e. The molecular formula is C20H28N4O4. The molecule has 1 atom stereocenters. The van der Waals surface area contributed by atoms with Crippen LogP contribution in [0.15, 0.2) is 24.3 Å². The number of aromatic carboxylic acids is 1. The van der Waals surface area contributed by atoms with Gasteiger partial charge >= 0.3 is 12.0 Å². The van der Waals surface area contributed by atoms with Crippen LogP contribution in [-0.4, -0.2) is 90.6 Å². The Labute approximate surface area is 165 Å². The van der Waals surface area contributed by atoms with Gasteiger partial charge in [0.2, 0.25) is 0 Å². The number of imide groups is 1. The molecule has 1 N–H and O–H groups in total. The number of likely N-dealkylation sites (N-methyl/N-ethyl adjacent to an activating group) is 1. The van der Waals surface area contributed by atoms with Crippen molar-refractivity contribution in [3.8, 4) is 0 Å². The van der Waals surface area contributed by atoms with Crippen LogP contribution < -0.4 is 4.90 Å². The van der Waals surface area contributed by atoms with Crippen molar-refractivity contribution < 1.29 is 19.5 Å². The number of carboxylic acids is 1. The molecule has 0 bridgehead atoms. The van der Waals surface area contributed by atoms with Crippen LogP contribution in [0.3, 0.4) is 0 Å². The van der Waals surface area contributed by atoms with Gasteiger partial charge in [0.1, 0.15) is 5.54 Å². The molecule has 2 heterocycles. The van der Waals surface area contributed by atoms with Crippen LogP contribution in [0.1, 0.15) is 29.6 Å². The number of anilines is 1. The predicted molar refractivity (Wildman–Crippen MR) is 106 cm³/mol. The maximum absolute atomic E-state index is 13.5. The monoisotopic (exact) mass is 388 g/mol. The number of carbonyl (C=O) groups excluding carboxylic acids is 2. The molecular weight excluding hydrogens is 360 g/mol. The van der Waals surface area contributed by atoms with E-state index in [1.807, 2.05) is 26.0 Å². The van der Waals surface area contributed by atoms with Crippen molar-refractivity contribution in [1.29, 1.82) is 0 Å². The van der Waals surface area contributed by atoms with Gasteiger partial charge in [0, 0.05) is 25.3 Å². The molecule has 152 valence electrons. The van der Waals surface area contributed by atoms with Crippen molar-refractivity contribution in [2.45, 2.75) is 24.8 Å². The van der Waals surface area contributed by atoms with Crippen LogP contribution in [-0.2, 0) is 4.79 Å². The standard InChI is InChI=1S/C20H28N4O4/c1-21(2)13-14-23-18(27)20(9-4-11-22(3)12-10-20)24(19(23)28)16-7-5-15(6-8-16)17(25)26/h5-8H,4,9-14H2,1-3H3,(H,25,26). The van der Waals surface area contributed by atoms with Crippen molar-refractivity contribution in [2.24, 2.45) is 0 Å². The highest BCUT2D eigenvalue weighted by Crippen LogP contribution is 2.40. The fourth-order valence-corrected chi connectivity index (χ4v) is 4.04. The third kappa shape index (κ3) is 3.62. The summed E-state index contributed by atoms with van der Waals surface area (Å²) < 4.78 is 0. The number of carbonyl (C=O) groups is 3. The van der Waals surface area contributed by atoms with Crippen molar-refractivity contribution in [1.82, 2.24) is 14.7 Å². The van der Waals surface area contributed by atoms with Gasteiger partial charge in [-0.25, -0.2) is 9.59 Å². The summed E-state index contributed by atoms with van der Waals surface area (Å²) in [5.41, 5.74) is -0.181. The maximum atomic E-state index is 13.5. The summed E-state index contributed by atoms with van der Waals surface area (Å²) in [6.45, 7) is 2.54. The highest BCUT2D eigenvalue weighted by atomic mass is 16.4. The average Bonchev–Trinajstić information content (AvgIpc) is 2.76. The number of likely N-dealkylation sites (tertiary alicyclic amines) is 1. The van der Waals surface area contributed by atoms with E-state index < -0.39 is 11.5 Å². The van der Waals surface area contributed by atoms with E-state index in [0.29, 0.717) is 31.6 Å². The van der Waals surface area contributed by atoms with Crippen LogP contribution >= 0.6 is 0 Å². The lowest BCUT2D eigenvalue weighted by Crippen LogP contribution is -2.50. The van der Waals surface area contributed by atoms with Gasteiger partial charge in [-0.3, -0.25) is 14.6 Å². The highest BCUT2D eigenvalue weighted by Gasteiger charge is 2.57. The minimum absolute atomic E-state index is 0.142. The van der Waals surface area contributed by atoms with Crippen LogP contribution in [0, 0.1) is 0 Å². The first-order valence-electron chi connectivity index (χ1n) is 9.59. The number of nitrogens with zero attached hydrogens (tertiary/aromatic N) is 4. The first-order valence-corrected chi connectivity index (χ1v) is 9.59. The fourth-order valence-electron chi connectivity index (χ4n) is 4.04. The van der Waals surface area contributed by atoms with Crippen molar-refractivity contribution in [2.75, 3.05) is 52.2 Å². The lowest BCUT2D eigenvalue weighted by Gasteiger charge is -2.34. The first kappa shape index (κ1) is 20.3. The second-order valence-corrected chi connectivity index (χ2v) is 7.92. The number of hydrogen-bond donors (Lipinski definition) is 1. The molecule has 2 saturated heterocycles. The Morgan fingerprint density at radius 1 is 1.14 bits per heavy atom. The second-order valence-electron chi connectivity index (χ2n) is 7.92. The summed E-state index contributed by atoms with van der Waals surface area (Å²) in [4.78, 5) is 45.0. The molecule has 1 unspecified atom stereocenters. The molecule has 2 fully saturated rings. The van der Waals surface area contributed by atoms with E-state index in [-0.39, 0.29) is 17.5 Å².